The van der Waals surface area contributed by atoms with E-state index in [1.54, 1.807) is 61.6 Å². The molecular weight excluding hydrogens is 959 g/mol. The van der Waals surface area contributed by atoms with Gasteiger partial charge in [0.05, 0.1) is 21.1 Å². The molecule has 4 bridgehead atoms. The van der Waals surface area contributed by atoms with E-state index in [1.807, 2.05) is 13.8 Å². The lowest BCUT2D eigenvalue weighted by Gasteiger charge is -2.35. The molecule has 2 atom stereocenters. The number of piperazine rings is 1. The summed E-state index contributed by atoms with van der Waals surface area (Å²) < 4.78 is 40.8. The van der Waals surface area contributed by atoms with E-state index in [0.717, 1.165) is 52.1 Å². The third-order valence-corrected chi connectivity index (χ3v) is 15.4. The van der Waals surface area contributed by atoms with Crippen molar-refractivity contribution < 1.29 is 38.0 Å². The number of fused-ring (bicyclic) bond motifs is 7. The van der Waals surface area contributed by atoms with Crippen molar-refractivity contribution in [1.82, 2.24) is 34.6 Å². The van der Waals surface area contributed by atoms with Crippen LogP contribution >= 0.6 is 34.5 Å². The number of carbonyl (C=O) groups excluding carboxylic acids is 1. The second kappa shape index (κ2) is 21.2. The number of rotatable bonds is 10. The Balaban J connectivity index is 1.09. The summed E-state index contributed by atoms with van der Waals surface area (Å²) in [6.07, 6.45) is 3.10. The third-order valence-electron chi connectivity index (χ3n) is 13.3. The number of carboxylic acids is 1. The van der Waals surface area contributed by atoms with E-state index in [-0.39, 0.29) is 31.4 Å². The van der Waals surface area contributed by atoms with Gasteiger partial charge in [0.2, 0.25) is 23.8 Å². The van der Waals surface area contributed by atoms with Crippen molar-refractivity contribution in [3.8, 4) is 44.7 Å². The maximum Gasteiger partial charge on any atom is 0.345 e. The van der Waals surface area contributed by atoms with Crippen LogP contribution in [0.2, 0.25) is 10.0 Å². The van der Waals surface area contributed by atoms with E-state index in [0.29, 0.717) is 106 Å². The number of nitrogens with zero attached hydrogens (tertiary/aromatic N) is 8. The van der Waals surface area contributed by atoms with Crippen LogP contribution in [0.4, 0.5) is 10.3 Å². The molecule has 0 aliphatic carbocycles. The second-order valence-electron chi connectivity index (χ2n) is 18.4. The number of aromatic nitrogens is 4. The summed E-state index contributed by atoms with van der Waals surface area (Å²) in [4.78, 5) is 53.9. The lowest BCUT2D eigenvalue weighted by molar-refractivity contribution is -0.145. The SMILES string of the molecule is Cc1c(Cl)c2c(Cl)c(C)c1-c1c(-c3ccc(F)cc3)sc3ncnc(c13)O[C@@H](C(=O)O)Cc1cc(ccc1OCc1ccnc(N3CCC(CC(=O)N(C)C)CC3)n1)OC[C@@H](CN1CCN(C)CC1)O2. The van der Waals surface area contributed by atoms with E-state index in [4.69, 9.17) is 47.1 Å². The van der Waals surface area contributed by atoms with Crippen LogP contribution in [0.3, 0.4) is 0 Å². The summed E-state index contributed by atoms with van der Waals surface area (Å²) in [5, 5.41) is 11.9. The smallest absolute Gasteiger partial charge is 0.345 e. The highest BCUT2D eigenvalue weighted by molar-refractivity contribution is 7.22. The molecule has 0 spiro atoms. The summed E-state index contributed by atoms with van der Waals surface area (Å²) >= 11 is 16.0. The van der Waals surface area contributed by atoms with Gasteiger partial charge in [0.25, 0.3) is 0 Å². The van der Waals surface area contributed by atoms with Crippen molar-refractivity contribution in [3.63, 3.8) is 0 Å². The first kappa shape index (κ1) is 49.1. The summed E-state index contributed by atoms with van der Waals surface area (Å²) in [5.74, 6) is 0.569. The molecule has 3 aromatic heterocycles. The molecule has 7 heterocycles. The number of carbonyl (C=O) groups is 2. The number of benzene rings is 3. The number of hydrogen-bond donors (Lipinski definition) is 1. The van der Waals surface area contributed by atoms with Gasteiger partial charge in [0, 0.05) is 95.0 Å². The molecular formula is C51H55Cl2FN8O7S. The standard InChI is InChI=1S/C51H55Cl2FN8O7S/c1-29-41-30(2)45(53)46(44(29)52)68-37(25-61-20-18-60(5)19-21-61)27-66-36-10-11-38(67-26-35-12-15-55-51(58-35)62-16-13-31(14-17-62)22-40(63)59(3)4)33(23-36)24-39(50(64)65)69-48-43-42(41)47(70-49(43)57-28-56-48)32-6-8-34(54)9-7-32/h6-12,15,23,28,31,37,39H,13-14,16-22,24-27H2,1-5H3,(H,64,65)/t37-,39-/m1/s1. The fourth-order valence-electron chi connectivity index (χ4n) is 9.25. The van der Waals surface area contributed by atoms with E-state index in [9.17, 15) is 19.1 Å². The number of hydrogen-bond acceptors (Lipinski definition) is 14. The highest BCUT2D eigenvalue weighted by Crippen LogP contribution is 2.53. The first-order valence-corrected chi connectivity index (χ1v) is 24.9. The van der Waals surface area contributed by atoms with Crippen molar-refractivity contribution in [2.24, 2.45) is 5.92 Å². The number of thiophene rings is 1. The molecule has 70 heavy (non-hydrogen) atoms. The average molecular weight is 1010 g/mol. The number of anilines is 1. The van der Waals surface area contributed by atoms with Crippen LogP contribution in [-0.2, 0) is 22.6 Å². The highest BCUT2D eigenvalue weighted by atomic mass is 35.5. The Morgan fingerprint density at radius 3 is 2.36 bits per heavy atom. The number of ether oxygens (including phenoxy) is 4. The van der Waals surface area contributed by atoms with Crippen LogP contribution in [0, 0.1) is 25.6 Å². The molecule has 2 saturated heterocycles. The Morgan fingerprint density at radius 1 is 0.929 bits per heavy atom. The van der Waals surface area contributed by atoms with Gasteiger partial charge in [-0.15, -0.1) is 11.3 Å². The number of amides is 1. The topological polar surface area (TPSA) is 156 Å². The molecule has 0 unspecified atom stereocenters. The molecule has 2 fully saturated rings. The summed E-state index contributed by atoms with van der Waals surface area (Å²) in [6.45, 7) is 9.34. The van der Waals surface area contributed by atoms with Crippen LogP contribution in [0.5, 0.6) is 23.1 Å². The van der Waals surface area contributed by atoms with Crippen LogP contribution in [-0.4, -0.2) is 137 Å². The zero-order chi connectivity index (χ0) is 49.2. The predicted octanol–water partition coefficient (Wildman–Crippen LogP) is 8.61. The Hall–Kier alpha value is -5.85. The maximum atomic E-state index is 14.4. The first-order chi connectivity index (χ1) is 33.7. The molecule has 10 rings (SSSR count). The van der Waals surface area contributed by atoms with E-state index >= 15 is 0 Å². The molecule has 6 aromatic rings. The van der Waals surface area contributed by atoms with Crippen LogP contribution in [0.15, 0.2) is 61.1 Å². The van der Waals surface area contributed by atoms with Crippen LogP contribution < -0.4 is 23.8 Å². The number of piperidine rings is 1. The minimum absolute atomic E-state index is 0.0247. The maximum absolute atomic E-state index is 14.4. The normalized spacial score (nSPS) is 18.2. The fourth-order valence-corrected chi connectivity index (χ4v) is 10.9. The van der Waals surface area contributed by atoms with Gasteiger partial charge in [-0.3, -0.25) is 9.69 Å². The van der Waals surface area contributed by atoms with Gasteiger partial charge in [-0.05, 0) is 98.3 Å². The molecule has 1 amide bonds. The number of likely N-dealkylation sites (N-methyl/N-ethyl adjacent to an activating group) is 1. The molecule has 0 radical (unpaired) electrons. The van der Waals surface area contributed by atoms with Crippen LogP contribution in [0.1, 0.15) is 41.6 Å². The molecule has 4 aliphatic heterocycles. The molecule has 15 nitrogen and oxygen atoms in total. The Labute approximate surface area is 420 Å². The highest BCUT2D eigenvalue weighted by Gasteiger charge is 2.32. The Morgan fingerprint density at radius 2 is 1.66 bits per heavy atom. The van der Waals surface area contributed by atoms with Gasteiger partial charge >= 0.3 is 5.97 Å². The molecule has 4 aliphatic rings. The van der Waals surface area contributed by atoms with Crippen molar-refractivity contribution in [3.05, 3.63) is 99.3 Å². The van der Waals surface area contributed by atoms with E-state index in [1.165, 1.54) is 29.8 Å². The lowest BCUT2D eigenvalue weighted by atomic mass is 9.92. The van der Waals surface area contributed by atoms with Gasteiger partial charge < -0.3 is 38.8 Å². The quantitative estimate of drug-likeness (QED) is 0.139. The molecule has 19 heteroatoms. The molecule has 1 N–H and O–H groups in total. The first-order valence-electron chi connectivity index (χ1n) is 23.3. The van der Waals surface area contributed by atoms with Gasteiger partial charge in [-0.2, -0.15) is 0 Å². The van der Waals surface area contributed by atoms with Crippen molar-refractivity contribution in [2.75, 3.05) is 78.5 Å². The monoisotopic (exact) mass is 1010 g/mol. The van der Waals surface area contributed by atoms with Crippen molar-refractivity contribution >= 4 is 62.6 Å². The minimum atomic E-state index is -1.47. The summed E-state index contributed by atoms with van der Waals surface area (Å²) in [6, 6.07) is 13.2. The zero-order valence-corrected chi connectivity index (χ0v) is 42.0. The molecule has 3 aromatic carbocycles. The molecule has 368 valence electrons. The zero-order valence-electron chi connectivity index (χ0n) is 39.7. The fraction of sp³-hybridized carbons (Fsp3) is 0.412. The minimum Gasteiger partial charge on any atom is -0.490 e. The van der Waals surface area contributed by atoms with Gasteiger partial charge in [0.1, 0.15) is 47.8 Å². The van der Waals surface area contributed by atoms with Crippen molar-refractivity contribution in [2.45, 2.75) is 58.3 Å². The number of halogens is 3. The Bertz CT molecular complexity index is 2860. The van der Waals surface area contributed by atoms with Gasteiger partial charge in [-0.25, -0.2) is 29.1 Å². The number of aliphatic carboxylic acids is 1. The summed E-state index contributed by atoms with van der Waals surface area (Å²) in [7, 11) is 5.66. The van der Waals surface area contributed by atoms with E-state index < -0.39 is 24.0 Å². The second-order valence-corrected chi connectivity index (χ2v) is 20.1. The van der Waals surface area contributed by atoms with Crippen LogP contribution in [0.25, 0.3) is 31.8 Å². The van der Waals surface area contributed by atoms with E-state index in [2.05, 4.69) is 36.7 Å². The van der Waals surface area contributed by atoms with Crippen molar-refractivity contribution in [1.29, 1.82) is 0 Å². The third kappa shape index (κ3) is 10.7. The largest absolute Gasteiger partial charge is 0.490 e. The van der Waals surface area contributed by atoms with Gasteiger partial charge in [-0.1, -0.05) is 35.3 Å². The molecule has 0 saturated carbocycles. The summed E-state index contributed by atoms with van der Waals surface area (Å²) in [5.41, 5.74) is 4.39. The lowest BCUT2D eigenvalue weighted by Crippen LogP contribution is -2.49. The number of carboxylic acid groups (broad SMARTS) is 1. The Kier molecular flexibility index (Phi) is 14.9. The average Bonchev–Trinajstić information content (AvgIpc) is 3.74. The predicted molar refractivity (Wildman–Crippen MR) is 268 cm³/mol. The van der Waals surface area contributed by atoms with Gasteiger partial charge in [0.15, 0.2) is 5.75 Å².